The average molecular weight is 223 g/mol. The van der Waals surface area contributed by atoms with Gasteiger partial charge >= 0.3 is 6.09 Å². The maximum Gasteiger partial charge on any atom is 0.407 e. The predicted octanol–water partition coefficient (Wildman–Crippen LogP) is 1.74. The minimum absolute atomic E-state index is 0.0132. The van der Waals surface area contributed by atoms with Crippen LogP contribution in [0.2, 0.25) is 0 Å². The summed E-state index contributed by atoms with van der Waals surface area (Å²) in [7, 11) is 0. The van der Waals surface area contributed by atoms with Crippen LogP contribution in [0.4, 0.5) is 4.79 Å². The van der Waals surface area contributed by atoms with Crippen LogP contribution in [0, 0.1) is 0 Å². The molecule has 0 aliphatic heterocycles. The lowest BCUT2D eigenvalue weighted by Gasteiger charge is -2.13. The lowest BCUT2D eigenvalue weighted by molar-refractivity contribution is 0.142. The number of ether oxygens (including phenoxy) is 1. The van der Waals surface area contributed by atoms with Gasteiger partial charge in [0.15, 0.2) is 0 Å². The van der Waals surface area contributed by atoms with Gasteiger partial charge in [-0.1, -0.05) is 13.3 Å². The molecule has 0 radical (unpaired) electrons. The summed E-state index contributed by atoms with van der Waals surface area (Å²) in [5, 5.41) is 2.66. The number of carbonyl (C=O) groups is 1. The van der Waals surface area contributed by atoms with Crippen LogP contribution in [0.1, 0.15) is 19.8 Å². The van der Waals surface area contributed by atoms with Crippen molar-refractivity contribution in [3.63, 3.8) is 0 Å². The Morgan fingerprint density at radius 3 is 2.54 bits per heavy atom. The third-order valence-electron chi connectivity index (χ3n) is 1.49. The Morgan fingerprint density at radius 2 is 2.08 bits per heavy atom. The first kappa shape index (κ1) is 13.0. The highest BCUT2D eigenvalue weighted by Gasteiger charge is 2.08. The predicted molar refractivity (Wildman–Crippen MR) is 60.9 cm³/mol. The molecule has 0 atom stereocenters. The van der Waals surface area contributed by atoms with E-state index in [1.807, 2.05) is 6.92 Å². The van der Waals surface area contributed by atoms with Crippen LogP contribution in [0.5, 0.6) is 0 Å². The van der Waals surface area contributed by atoms with Gasteiger partial charge in [0.2, 0.25) is 0 Å². The second-order valence-corrected chi connectivity index (χ2v) is 3.43. The van der Waals surface area contributed by atoms with E-state index in [1.165, 1.54) is 0 Å². The normalized spacial score (nSPS) is 10.2. The number of hydrogen-bond acceptors (Lipinski definition) is 4. The molecule has 1 amide bonds. The zero-order valence-corrected chi connectivity index (χ0v) is 9.61. The highest BCUT2D eigenvalue weighted by molar-refractivity contribution is 7.81. The Labute approximate surface area is 90.4 Å². The summed E-state index contributed by atoms with van der Waals surface area (Å²) in [6, 6.07) is -0.0132. The van der Waals surface area contributed by atoms with Crippen LogP contribution in [0.15, 0.2) is 0 Å². The zero-order chi connectivity index (χ0) is 10.1. The van der Waals surface area contributed by atoms with Gasteiger partial charge in [0.05, 0.1) is 6.61 Å². The van der Waals surface area contributed by atoms with Crippen LogP contribution in [-0.4, -0.2) is 30.2 Å². The van der Waals surface area contributed by atoms with Gasteiger partial charge in [0.25, 0.3) is 0 Å². The van der Waals surface area contributed by atoms with E-state index in [-0.39, 0.29) is 12.1 Å². The number of hydrogen-bond donors (Lipinski definition) is 3. The highest BCUT2D eigenvalue weighted by Crippen LogP contribution is 1.93. The second-order valence-electron chi connectivity index (χ2n) is 2.70. The molecule has 0 spiro atoms. The summed E-state index contributed by atoms with van der Waals surface area (Å²) in [6.45, 7) is 2.53. The Morgan fingerprint density at radius 1 is 1.46 bits per heavy atom. The van der Waals surface area contributed by atoms with Gasteiger partial charge < -0.3 is 10.1 Å². The molecule has 0 aromatic carbocycles. The number of unbranched alkanes of at least 4 members (excludes halogenated alkanes) is 1. The molecule has 0 rings (SSSR count). The summed E-state index contributed by atoms with van der Waals surface area (Å²) < 4.78 is 4.90. The third-order valence-corrected chi connectivity index (χ3v) is 2.38. The summed E-state index contributed by atoms with van der Waals surface area (Å²) in [5.41, 5.74) is 0. The monoisotopic (exact) mass is 223 g/mol. The van der Waals surface area contributed by atoms with E-state index in [9.17, 15) is 4.79 Å². The molecule has 0 aliphatic carbocycles. The van der Waals surface area contributed by atoms with Gasteiger partial charge in [0.1, 0.15) is 0 Å². The molecule has 0 saturated heterocycles. The topological polar surface area (TPSA) is 38.3 Å². The van der Waals surface area contributed by atoms with Crippen LogP contribution in [0.3, 0.4) is 0 Å². The Balaban J connectivity index is 3.48. The van der Waals surface area contributed by atoms with Crippen molar-refractivity contribution in [3.05, 3.63) is 0 Å². The molecule has 0 unspecified atom stereocenters. The fourth-order valence-electron chi connectivity index (χ4n) is 0.667. The molecular formula is C8H17NO2S2. The van der Waals surface area contributed by atoms with Crippen LogP contribution < -0.4 is 5.32 Å². The summed E-state index contributed by atoms with van der Waals surface area (Å²) in [6.07, 6.45) is 1.55. The minimum Gasteiger partial charge on any atom is -0.450 e. The van der Waals surface area contributed by atoms with Crippen molar-refractivity contribution in [2.75, 3.05) is 18.1 Å². The number of carbonyl (C=O) groups excluding carboxylic acids is 1. The summed E-state index contributed by atoms with van der Waals surface area (Å²) >= 11 is 8.12. The third kappa shape index (κ3) is 7.07. The molecule has 3 nitrogen and oxygen atoms in total. The Kier molecular flexibility index (Phi) is 8.54. The molecule has 1 N–H and O–H groups in total. The minimum atomic E-state index is -0.374. The molecule has 78 valence electrons. The van der Waals surface area contributed by atoms with E-state index in [4.69, 9.17) is 4.74 Å². The van der Waals surface area contributed by atoms with E-state index in [0.717, 1.165) is 12.8 Å². The van der Waals surface area contributed by atoms with E-state index < -0.39 is 0 Å². The van der Waals surface area contributed by atoms with Gasteiger partial charge in [0, 0.05) is 17.5 Å². The molecule has 5 heteroatoms. The van der Waals surface area contributed by atoms with Crippen LogP contribution in [0.25, 0.3) is 0 Å². The Hall–Kier alpha value is -0.0300. The average Bonchev–Trinajstić information content (AvgIpc) is 2.14. The van der Waals surface area contributed by atoms with Gasteiger partial charge in [-0.3, -0.25) is 0 Å². The Bertz CT molecular complexity index is 140. The molecule has 13 heavy (non-hydrogen) atoms. The molecule has 0 aromatic rings. The van der Waals surface area contributed by atoms with Crippen LogP contribution in [-0.2, 0) is 4.74 Å². The van der Waals surface area contributed by atoms with E-state index >= 15 is 0 Å². The quantitative estimate of drug-likeness (QED) is 0.474. The lowest BCUT2D eigenvalue weighted by Crippen LogP contribution is -2.38. The van der Waals surface area contributed by atoms with Gasteiger partial charge in [-0.25, -0.2) is 4.79 Å². The van der Waals surface area contributed by atoms with Crippen molar-refractivity contribution in [1.82, 2.24) is 5.32 Å². The maximum atomic E-state index is 11.0. The van der Waals surface area contributed by atoms with Crippen molar-refractivity contribution in [1.29, 1.82) is 0 Å². The standard InChI is InChI=1S/C8H17NO2S2/c1-2-3-4-11-8(10)9-7(5-12)6-13/h7,12-13H,2-6H2,1H3,(H,9,10). The number of rotatable bonds is 6. The summed E-state index contributed by atoms with van der Waals surface area (Å²) in [4.78, 5) is 11.0. The van der Waals surface area contributed by atoms with E-state index in [2.05, 4.69) is 30.6 Å². The second kappa shape index (κ2) is 8.56. The first-order valence-corrected chi connectivity index (χ1v) is 5.66. The first-order chi connectivity index (χ1) is 6.24. The molecule has 0 aliphatic rings. The van der Waals surface area contributed by atoms with Crippen molar-refractivity contribution in [2.24, 2.45) is 0 Å². The number of thiol groups is 2. The van der Waals surface area contributed by atoms with Gasteiger partial charge in [-0.2, -0.15) is 25.3 Å². The summed E-state index contributed by atoms with van der Waals surface area (Å²) in [5.74, 6) is 1.15. The molecule has 0 aromatic heterocycles. The zero-order valence-electron chi connectivity index (χ0n) is 7.82. The fraction of sp³-hybridized carbons (Fsp3) is 0.875. The fourth-order valence-corrected chi connectivity index (χ4v) is 1.31. The number of alkyl carbamates (subject to hydrolysis) is 1. The largest absolute Gasteiger partial charge is 0.450 e. The number of nitrogens with one attached hydrogen (secondary N) is 1. The smallest absolute Gasteiger partial charge is 0.407 e. The van der Waals surface area contributed by atoms with Crippen molar-refractivity contribution in [2.45, 2.75) is 25.8 Å². The molecule has 0 heterocycles. The van der Waals surface area contributed by atoms with Crippen LogP contribution >= 0.6 is 25.3 Å². The van der Waals surface area contributed by atoms with Crippen molar-refractivity contribution < 1.29 is 9.53 Å². The van der Waals surface area contributed by atoms with E-state index in [1.54, 1.807) is 0 Å². The highest BCUT2D eigenvalue weighted by atomic mass is 32.1. The molecule has 0 saturated carbocycles. The number of amides is 1. The molecule has 0 bridgehead atoms. The van der Waals surface area contributed by atoms with Crippen molar-refractivity contribution in [3.8, 4) is 0 Å². The van der Waals surface area contributed by atoms with Crippen molar-refractivity contribution >= 4 is 31.4 Å². The van der Waals surface area contributed by atoms with Gasteiger partial charge in [-0.05, 0) is 6.42 Å². The lowest BCUT2D eigenvalue weighted by atomic mass is 10.4. The first-order valence-electron chi connectivity index (χ1n) is 4.39. The molecule has 0 fully saturated rings. The van der Waals surface area contributed by atoms with Gasteiger partial charge in [-0.15, -0.1) is 0 Å². The maximum absolute atomic E-state index is 11.0. The van der Waals surface area contributed by atoms with E-state index in [0.29, 0.717) is 18.1 Å². The molecular weight excluding hydrogens is 206 g/mol. The SMILES string of the molecule is CCCCOC(=O)NC(CS)CS.